The van der Waals surface area contributed by atoms with Crippen LogP contribution in [0.5, 0.6) is 0 Å². The van der Waals surface area contributed by atoms with Crippen molar-refractivity contribution in [2.45, 2.75) is 0 Å². The Labute approximate surface area is 101 Å². The summed E-state index contributed by atoms with van der Waals surface area (Å²) in [6.45, 7) is 0. The van der Waals surface area contributed by atoms with E-state index in [4.69, 9.17) is 0 Å². The van der Waals surface area contributed by atoms with Crippen LogP contribution >= 0.6 is 11.3 Å². The number of benzene rings is 2. The quantitative estimate of drug-likeness (QED) is 0.440. The number of fused-ring (bicyclic) bond motifs is 4. The molecule has 0 bridgehead atoms. The lowest BCUT2D eigenvalue weighted by molar-refractivity contribution is 1.40. The second kappa shape index (κ2) is 3.21. The van der Waals surface area contributed by atoms with E-state index in [1.807, 2.05) is 41.9 Å². The summed E-state index contributed by atoms with van der Waals surface area (Å²) >= 11 is 1.61. The van der Waals surface area contributed by atoms with Crippen molar-refractivity contribution in [2.24, 2.45) is 0 Å². The minimum absolute atomic E-state index is 0.931. The Morgan fingerprint density at radius 3 is 2.41 bits per heavy atom. The minimum atomic E-state index is 0.931. The van der Waals surface area contributed by atoms with Crippen LogP contribution < -0.4 is 0 Å². The molecule has 0 fully saturated rings. The van der Waals surface area contributed by atoms with Gasteiger partial charge >= 0.3 is 0 Å². The third kappa shape index (κ3) is 1.24. The molecule has 2 aromatic heterocycles. The Hall–Kier alpha value is -2.07. The predicted molar refractivity (Wildman–Crippen MR) is 70.2 cm³/mol. The fourth-order valence-electron chi connectivity index (χ4n) is 2.01. The van der Waals surface area contributed by atoms with Gasteiger partial charge in [-0.3, -0.25) is 0 Å². The highest BCUT2D eigenvalue weighted by atomic mass is 32.1. The van der Waals surface area contributed by atoms with Gasteiger partial charge in [-0.05, 0) is 24.3 Å². The van der Waals surface area contributed by atoms with E-state index in [2.05, 4.69) is 15.0 Å². The molecule has 0 aliphatic rings. The molecule has 4 rings (SSSR count). The van der Waals surface area contributed by atoms with Gasteiger partial charge in [0.15, 0.2) is 0 Å². The Morgan fingerprint density at radius 1 is 0.765 bits per heavy atom. The standard InChI is InChI=1S/C13H7N3S/c1-2-4-9-8(3-1)15-10-5-6-11-13(12(10)16-9)17-7-14-11/h1-7H. The number of thiazole rings is 1. The van der Waals surface area contributed by atoms with Crippen molar-refractivity contribution < 1.29 is 0 Å². The van der Waals surface area contributed by atoms with Crippen LogP contribution in [0.3, 0.4) is 0 Å². The molecule has 80 valence electrons. The molecule has 4 heteroatoms. The third-order valence-electron chi connectivity index (χ3n) is 2.81. The van der Waals surface area contributed by atoms with E-state index in [-0.39, 0.29) is 0 Å². The lowest BCUT2D eigenvalue weighted by atomic mass is 10.2. The van der Waals surface area contributed by atoms with Crippen LogP contribution in [0.25, 0.3) is 32.3 Å². The van der Waals surface area contributed by atoms with Crippen molar-refractivity contribution >= 4 is 43.6 Å². The molecule has 0 spiro atoms. The first-order valence-electron chi connectivity index (χ1n) is 5.30. The number of hydrogen-bond acceptors (Lipinski definition) is 4. The molecule has 0 radical (unpaired) electrons. The first-order valence-corrected chi connectivity index (χ1v) is 6.18. The molecule has 2 heterocycles. The predicted octanol–water partition coefficient (Wildman–Crippen LogP) is 3.39. The molecule has 0 unspecified atom stereocenters. The molecule has 0 saturated carbocycles. The molecule has 4 aromatic rings. The van der Waals surface area contributed by atoms with Crippen LogP contribution in [0, 0.1) is 0 Å². The van der Waals surface area contributed by atoms with Gasteiger partial charge in [0.25, 0.3) is 0 Å². The van der Waals surface area contributed by atoms with Gasteiger partial charge in [-0.25, -0.2) is 15.0 Å². The third-order valence-corrected chi connectivity index (χ3v) is 3.66. The maximum atomic E-state index is 4.69. The molecule has 0 amide bonds. The van der Waals surface area contributed by atoms with Crippen LogP contribution in [-0.4, -0.2) is 15.0 Å². The molecule has 0 saturated heterocycles. The van der Waals surface area contributed by atoms with E-state index < -0.39 is 0 Å². The zero-order valence-corrected chi connectivity index (χ0v) is 9.61. The van der Waals surface area contributed by atoms with E-state index in [1.165, 1.54) is 0 Å². The van der Waals surface area contributed by atoms with Crippen LogP contribution in [0.4, 0.5) is 0 Å². The summed E-state index contributed by atoms with van der Waals surface area (Å²) in [5.74, 6) is 0. The molecule has 0 N–H and O–H groups in total. The number of para-hydroxylation sites is 2. The molecular weight excluding hydrogens is 230 g/mol. The lowest BCUT2D eigenvalue weighted by Crippen LogP contribution is -1.86. The summed E-state index contributed by atoms with van der Waals surface area (Å²) in [6.07, 6.45) is 0. The van der Waals surface area contributed by atoms with E-state index in [0.717, 1.165) is 32.3 Å². The zero-order valence-electron chi connectivity index (χ0n) is 8.79. The smallest absolute Gasteiger partial charge is 0.109 e. The van der Waals surface area contributed by atoms with E-state index in [1.54, 1.807) is 11.3 Å². The summed E-state index contributed by atoms with van der Waals surface area (Å²) < 4.78 is 1.11. The number of aromatic nitrogens is 3. The normalized spacial score (nSPS) is 11.5. The van der Waals surface area contributed by atoms with E-state index in [9.17, 15) is 0 Å². The zero-order chi connectivity index (χ0) is 11.2. The highest BCUT2D eigenvalue weighted by molar-refractivity contribution is 7.17. The summed E-state index contributed by atoms with van der Waals surface area (Å²) in [5, 5.41) is 0. The highest BCUT2D eigenvalue weighted by Crippen LogP contribution is 2.26. The SMILES string of the molecule is c1ccc2nc3c(ccc4ncsc43)nc2c1. The lowest BCUT2D eigenvalue weighted by Gasteiger charge is -2.00. The second-order valence-electron chi connectivity index (χ2n) is 3.85. The van der Waals surface area contributed by atoms with Crippen LogP contribution in [0.15, 0.2) is 41.9 Å². The Morgan fingerprint density at radius 2 is 1.53 bits per heavy atom. The average Bonchev–Trinajstić information content (AvgIpc) is 2.85. The number of hydrogen-bond donors (Lipinski definition) is 0. The first kappa shape index (κ1) is 9.01. The molecule has 2 aromatic carbocycles. The fourth-order valence-corrected chi connectivity index (χ4v) is 2.78. The van der Waals surface area contributed by atoms with Crippen LogP contribution in [-0.2, 0) is 0 Å². The molecule has 0 aliphatic carbocycles. The van der Waals surface area contributed by atoms with Crippen molar-refractivity contribution in [1.82, 2.24) is 15.0 Å². The van der Waals surface area contributed by atoms with Gasteiger partial charge in [-0.15, -0.1) is 11.3 Å². The van der Waals surface area contributed by atoms with Gasteiger partial charge in [0.2, 0.25) is 0 Å². The monoisotopic (exact) mass is 237 g/mol. The van der Waals surface area contributed by atoms with Crippen molar-refractivity contribution in [3.63, 3.8) is 0 Å². The molecule has 3 nitrogen and oxygen atoms in total. The van der Waals surface area contributed by atoms with Crippen molar-refractivity contribution in [3.8, 4) is 0 Å². The maximum Gasteiger partial charge on any atom is 0.109 e. The van der Waals surface area contributed by atoms with E-state index >= 15 is 0 Å². The Balaban J connectivity index is 2.29. The fraction of sp³-hybridized carbons (Fsp3) is 0. The molecule has 17 heavy (non-hydrogen) atoms. The van der Waals surface area contributed by atoms with Crippen molar-refractivity contribution in [2.75, 3.05) is 0 Å². The summed E-state index contributed by atoms with van der Waals surface area (Å²) in [6, 6.07) is 11.9. The molecule has 0 aliphatic heterocycles. The Kier molecular flexibility index (Phi) is 1.70. The minimum Gasteiger partial charge on any atom is -0.245 e. The summed E-state index contributed by atoms with van der Waals surface area (Å²) in [7, 11) is 0. The van der Waals surface area contributed by atoms with Crippen molar-refractivity contribution in [3.05, 3.63) is 41.9 Å². The Bertz CT molecular complexity index is 851. The van der Waals surface area contributed by atoms with Crippen LogP contribution in [0.1, 0.15) is 0 Å². The average molecular weight is 237 g/mol. The number of rotatable bonds is 0. The first-order chi connectivity index (χ1) is 8.42. The van der Waals surface area contributed by atoms with Gasteiger partial charge in [0.05, 0.1) is 32.3 Å². The largest absolute Gasteiger partial charge is 0.245 e. The van der Waals surface area contributed by atoms with E-state index in [0.29, 0.717) is 0 Å². The topological polar surface area (TPSA) is 38.7 Å². The summed E-state index contributed by atoms with van der Waals surface area (Å²) in [5.41, 5.74) is 6.59. The molecule has 0 atom stereocenters. The van der Waals surface area contributed by atoms with Gasteiger partial charge < -0.3 is 0 Å². The van der Waals surface area contributed by atoms with Crippen LogP contribution in [0.2, 0.25) is 0 Å². The number of nitrogens with zero attached hydrogens (tertiary/aromatic N) is 3. The van der Waals surface area contributed by atoms with Gasteiger partial charge in [-0.2, -0.15) is 0 Å². The maximum absolute atomic E-state index is 4.69. The summed E-state index contributed by atoms with van der Waals surface area (Å²) in [4.78, 5) is 13.6. The van der Waals surface area contributed by atoms with Gasteiger partial charge in [0, 0.05) is 0 Å². The van der Waals surface area contributed by atoms with Crippen molar-refractivity contribution in [1.29, 1.82) is 0 Å². The molecular formula is C13H7N3S. The van der Waals surface area contributed by atoms with Gasteiger partial charge in [-0.1, -0.05) is 12.1 Å². The van der Waals surface area contributed by atoms with Gasteiger partial charge in [0.1, 0.15) is 5.52 Å². The second-order valence-corrected chi connectivity index (χ2v) is 4.70. The highest BCUT2D eigenvalue weighted by Gasteiger charge is 2.06.